The quantitative estimate of drug-likeness (QED) is 0.429. The van der Waals surface area contributed by atoms with Gasteiger partial charge in [-0.05, 0) is 25.5 Å². The van der Waals surface area contributed by atoms with Crippen molar-refractivity contribution in [3.63, 3.8) is 0 Å². The third-order valence-electron chi connectivity index (χ3n) is 4.34. The summed E-state index contributed by atoms with van der Waals surface area (Å²) in [7, 11) is 1.54. The highest BCUT2D eigenvalue weighted by molar-refractivity contribution is 7.99. The molecule has 0 saturated carbocycles. The molecule has 154 valence electrons. The highest BCUT2D eigenvalue weighted by atomic mass is 32.2. The van der Waals surface area contributed by atoms with Gasteiger partial charge in [-0.25, -0.2) is 9.78 Å². The number of ether oxygens (including phenoxy) is 1. The second-order valence-electron chi connectivity index (χ2n) is 6.97. The van der Waals surface area contributed by atoms with Crippen LogP contribution in [0.4, 0.5) is 0 Å². The number of thioether (sulfide) groups is 1. The molecule has 9 heteroatoms. The lowest BCUT2D eigenvalue weighted by molar-refractivity contribution is 0.0910. The van der Waals surface area contributed by atoms with Crippen LogP contribution in [0.2, 0.25) is 0 Å². The van der Waals surface area contributed by atoms with E-state index in [1.54, 1.807) is 11.6 Å². The highest BCUT2D eigenvalue weighted by Gasteiger charge is 2.20. The molecule has 1 aromatic carbocycles. The number of aliphatic hydroxyl groups excluding tert-OH is 1. The summed E-state index contributed by atoms with van der Waals surface area (Å²) in [5.74, 6) is 1.30. The van der Waals surface area contributed by atoms with Crippen LogP contribution in [0.15, 0.2) is 51.2 Å². The van der Waals surface area contributed by atoms with E-state index in [2.05, 4.69) is 16.5 Å². The molecule has 2 N–H and O–H groups in total. The molecular weight excluding hydrogens is 392 g/mol. The zero-order chi connectivity index (χ0) is 21.1. The summed E-state index contributed by atoms with van der Waals surface area (Å²) in [6.45, 7) is 7.86. The summed E-state index contributed by atoms with van der Waals surface area (Å²) in [6, 6.07) is 7.54. The lowest BCUT2D eigenvalue weighted by atomic mass is 10.2. The zero-order valence-corrected chi connectivity index (χ0v) is 17.5. The summed E-state index contributed by atoms with van der Waals surface area (Å²) >= 11 is 1.40. The molecule has 0 saturated heterocycles. The number of para-hydroxylation sites is 1. The number of benzene rings is 1. The Bertz CT molecular complexity index is 1160. The fourth-order valence-corrected chi connectivity index (χ4v) is 3.70. The third kappa shape index (κ3) is 4.63. The first-order valence-electron chi connectivity index (χ1n) is 9.11. The molecular formula is C20H24N4O4S. The van der Waals surface area contributed by atoms with E-state index in [9.17, 15) is 14.7 Å². The summed E-state index contributed by atoms with van der Waals surface area (Å²) in [6.07, 6.45) is -0.882. The SMILES string of the molecule is C=C(C)CSc1nc2c(c(=O)[nH]c(=O)n2C)n1CC(O)COc1ccccc1C. The van der Waals surface area contributed by atoms with Gasteiger partial charge in [-0.2, -0.15) is 0 Å². The van der Waals surface area contributed by atoms with Crippen LogP contribution in [0.25, 0.3) is 11.2 Å². The van der Waals surface area contributed by atoms with E-state index < -0.39 is 17.4 Å². The van der Waals surface area contributed by atoms with Crippen LogP contribution < -0.4 is 16.0 Å². The smallest absolute Gasteiger partial charge is 0.329 e. The van der Waals surface area contributed by atoms with Gasteiger partial charge in [0.05, 0.1) is 6.54 Å². The van der Waals surface area contributed by atoms with Crippen molar-refractivity contribution in [2.75, 3.05) is 12.4 Å². The molecule has 0 amide bonds. The molecule has 0 aliphatic rings. The minimum atomic E-state index is -0.882. The van der Waals surface area contributed by atoms with Crippen molar-refractivity contribution in [3.8, 4) is 5.75 Å². The summed E-state index contributed by atoms with van der Waals surface area (Å²) in [5.41, 5.74) is 1.36. The number of rotatable bonds is 8. The first-order valence-corrected chi connectivity index (χ1v) is 10.1. The lowest BCUT2D eigenvalue weighted by Crippen LogP contribution is -2.30. The van der Waals surface area contributed by atoms with E-state index in [0.29, 0.717) is 16.7 Å². The van der Waals surface area contributed by atoms with Crippen molar-refractivity contribution in [3.05, 3.63) is 62.8 Å². The number of aromatic amines is 1. The highest BCUT2D eigenvalue weighted by Crippen LogP contribution is 2.24. The molecule has 0 aliphatic heterocycles. The molecule has 3 rings (SSSR count). The predicted molar refractivity (Wildman–Crippen MR) is 114 cm³/mol. The second-order valence-corrected chi connectivity index (χ2v) is 7.91. The number of nitrogens with one attached hydrogen (secondary N) is 1. The number of aliphatic hydroxyl groups is 1. The first kappa shape index (κ1) is 20.9. The van der Waals surface area contributed by atoms with E-state index in [1.807, 2.05) is 38.1 Å². The Morgan fingerprint density at radius 3 is 2.79 bits per heavy atom. The monoisotopic (exact) mass is 416 g/mol. The van der Waals surface area contributed by atoms with Gasteiger partial charge in [-0.3, -0.25) is 14.3 Å². The van der Waals surface area contributed by atoms with Crippen LogP contribution in [-0.4, -0.2) is 42.7 Å². The minimum absolute atomic E-state index is 0.0544. The average Bonchev–Trinajstić information content (AvgIpc) is 3.03. The molecule has 2 heterocycles. The average molecular weight is 417 g/mol. The number of fused-ring (bicyclic) bond motifs is 1. The first-order chi connectivity index (χ1) is 13.8. The predicted octanol–water partition coefficient (Wildman–Crippen LogP) is 1.84. The number of nitrogens with zero attached hydrogens (tertiary/aromatic N) is 3. The number of aryl methyl sites for hydroxylation is 2. The van der Waals surface area contributed by atoms with Gasteiger partial charge >= 0.3 is 5.69 Å². The van der Waals surface area contributed by atoms with Crippen LogP contribution in [0.1, 0.15) is 12.5 Å². The maximum Gasteiger partial charge on any atom is 0.329 e. The lowest BCUT2D eigenvalue weighted by Gasteiger charge is -2.16. The normalized spacial score (nSPS) is 12.3. The van der Waals surface area contributed by atoms with Crippen LogP contribution in [0, 0.1) is 6.92 Å². The van der Waals surface area contributed by atoms with Crippen molar-refractivity contribution >= 4 is 22.9 Å². The van der Waals surface area contributed by atoms with Gasteiger partial charge < -0.3 is 14.4 Å². The van der Waals surface area contributed by atoms with Crippen molar-refractivity contribution < 1.29 is 9.84 Å². The Hall–Kier alpha value is -2.78. The summed E-state index contributed by atoms with van der Waals surface area (Å²) in [4.78, 5) is 31.1. The number of aromatic nitrogens is 4. The van der Waals surface area contributed by atoms with Gasteiger partial charge in [-0.15, -0.1) is 0 Å². The maximum atomic E-state index is 12.5. The topological polar surface area (TPSA) is 102 Å². The molecule has 1 unspecified atom stereocenters. The Kier molecular flexibility index (Phi) is 6.29. The zero-order valence-electron chi connectivity index (χ0n) is 16.6. The Morgan fingerprint density at radius 1 is 1.38 bits per heavy atom. The fraction of sp³-hybridized carbons (Fsp3) is 0.350. The van der Waals surface area contributed by atoms with Crippen molar-refractivity contribution in [2.24, 2.45) is 7.05 Å². The molecule has 2 aromatic heterocycles. The fourth-order valence-electron chi connectivity index (χ4n) is 2.85. The van der Waals surface area contributed by atoms with E-state index in [0.717, 1.165) is 11.1 Å². The van der Waals surface area contributed by atoms with E-state index in [4.69, 9.17) is 4.74 Å². The number of hydrogen-bond donors (Lipinski definition) is 2. The van der Waals surface area contributed by atoms with Crippen molar-refractivity contribution in [1.29, 1.82) is 0 Å². The van der Waals surface area contributed by atoms with Crippen molar-refractivity contribution in [1.82, 2.24) is 19.1 Å². The second kappa shape index (κ2) is 8.71. The van der Waals surface area contributed by atoms with Gasteiger partial charge in [0.15, 0.2) is 16.3 Å². The summed E-state index contributed by atoms with van der Waals surface area (Å²) in [5, 5.41) is 11.1. The van der Waals surface area contributed by atoms with E-state index in [1.165, 1.54) is 16.3 Å². The molecule has 0 aliphatic carbocycles. The molecule has 0 fully saturated rings. The van der Waals surface area contributed by atoms with Crippen LogP contribution in [-0.2, 0) is 13.6 Å². The van der Waals surface area contributed by atoms with E-state index in [-0.39, 0.29) is 24.3 Å². The Balaban J connectivity index is 1.91. The van der Waals surface area contributed by atoms with Crippen molar-refractivity contribution in [2.45, 2.75) is 31.7 Å². The molecule has 0 bridgehead atoms. The van der Waals surface area contributed by atoms with Gasteiger partial charge in [0.25, 0.3) is 5.56 Å². The van der Waals surface area contributed by atoms with Crippen LogP contribution in [0.5, 0.6) is 5.75 Å². The number of imidazole rings is 1. The largest absolute Gasteiger partial charge is 0.491 e. The Labute approximate surface area is 171 Å². The standard InChI is InChI=1S/C20H24N4O4S/c1-12(2)11-29-20-21-17-16(18(26)22-19(27)23(17)4)24(20)9-14(25)10-28-15-8-6-5-7-13(15)3/h5-8,14,25H,1,9-11H2,2-4H3,(H,22,26,27). The minimum Gasteiger partial charge on any atom is -0.491 e. The number of hydrogen-bond acceptors (Lipinski definition) is 6. The molecule has 8 nitrogen and oxygen atoms in total. The molecule has 1 atom stereocenters. The van der Waals surface area contributed by atoms with Crippen LogP contribution in [0.3, 0.4) is 0 Å². The molecule has 0 spiro atoms. The summed E-state index contributed by atoms with van der Waals surface area (Å²) < 4.78 is 8.64. The van der Waals surface area contributed by atoms with Gasteiger partial charge in [0.1, 0.15) is 18.5 Å². The van der Waals surface area contributed by atoms with Gasteiger partial charge in [-0.1, -0.05) is 42.1 Å². The van der Waals surface area contributed by atoms with Gasteiger partial charge in [0, 0.05) is 12.8 Å². The van der Waals surface area contributed by atoms with E-state index >= 15 is 0 Å². The Morgan fingerprint density at radius 2 is 2.10 bits per heavy atom. The molecule has 3 aromatic rings. The van der Waals surface area contributed by atoms with Gasteiger partial charge in [0.2, 0.25) is 0 Å². The molecule has 0 radical (unpaired) electrons. The third-order valence-corrected chi connectivity index (χ3v) is 5.54. The van der Waals surface area contributed by atoms with Crippen LogP contribution >= 0.6 is 11.8 Å². The number of H-pyrrole nitrogens is 1. The molecule has 29 heavy (non-hydrogen) atoms. The maximum absolute atomic E-state index is 12.5.